The van der Waals surface area contributed by atoms with Crippen LogP contribution in [0.3, 0.4) is 0 Å². The molecule has 5 nitrogen and oxygen atoms in total. The lowest BCUT2D eigenvalue weighted by molar-refractivity contribution is -0.132. The van der Waals surface area contributed by atoms with E-state index in [1.54, 1.807) is 38.1 Å². The van der Waals surface area contributed by atoms with Crippen LogP contribution < -0.4 is 9.64 Å². The molecule has 0 spiro atoms. The molecule has 0 atom stereocenters. The molecule has 0 aromatic heterocycles. The summed E-state index contributed by atoms with van der Waals surface area (Å²) in [6.45, 7) is 3.56. The smallest absolute Gasteiger partial charge is 0.335 e. The SMILES string of the molecule is CC1(C)Oc2ccc(C(=O)O)cc2N(Cc2ccc(Cl)c(Cl)c2)C1=O. The first-order valence-corrected chi connectivity index (χ1v) is 8.27. The van der Waals surface area contributed by atoms with Crippen molar-refractivity contribution in [1.82, 2.24) is 0 Å². The van der Waals surface area contributed by atoms with E-state index < -0.39 is 11.6 Å². The highest BCUT2D eigenvalue weighted by molar-refractivity contribution is 6.42. The Bertz CT molecular complexity index is 879. The summed E-state index contributed by atoms with van der Waals surface area (Å²) >= 11 is 12.0. The lowest BCUT2D eigenvalue weighted by atomic mass is 10.0. The number of carboxylic acids is 1. The quantitative estimate of drug-likeness (QED) is 0.858. The Labute approximate surface area is 154 Å². The molecule has 3 rings (SSSR count). The van der Waals surface area contributed by atoms with Crippen molar-refractivity contribution in [3.05, 3.63) is 57.6 Å². The monoisotopic (exact) mass is 379 g/mol. The van der Waals surface area contributed by atoms with Crippen LogP contribution in [0.25, 0.3) is 0 Å². The summed E-state index contributed by atoms with van der Waals surface area (Å²) in [4.78, 5) is 25.6. The standard InChI is InChI=1S/C18H15Cl2NO4/c1-18(2)17(24)21(9-10-3-5-12(19)13(20)7-10)14-8-11(16(22)23)4-6-15(14)25-18/h3-8H,9H2,1-2H3,(H,22,23). The van der Waals surface area contributed by atoms with Crippen molar-refractivity contribution in [1.29, 1.82) is 0 Å². The Kier molecular flexibility index (Phi) is 4.39. The fourth-order valence-electron chi connectivity index (χ4n) is 2.68. The summed E-state index contributed by atoms with van der Waals surface area (Å²) in [6.07, 6.45) is 0. The minimum absolute atomic E-state index is 0.0778. The maximum atomic E-state index is 12.8. The highest BCUT2D eigenvalue weighted by Crippen LogP contribution is 2.39. The van der Waals surface area contributed by atoms with Crippen molar-refractivity contribution in [3.8, 4) is 5.75 Å². The zero-order chi connectivity index (χ0) is 18.4. The van der Waals surface area contributed by atoms with Crippen molar-refractivity contribution < 1.29 is 19.4 Å². The molecule has 25 heavy (non-hydrogen) atoms. The van der Waals surface area contributed by atoms with E-state index in [9.17, 15) is 14.7 Å². The molecule has 0 bridgehead atoms. The van der Waals surface area contributed by atoms with Crippen LogP contribution in [0.1, 0.15) is 29.8 Å². The van der Waals surface area contributed by atoms with Gasteiger partial charge in [0.25, 0.3) is 5.91 Å². The van der Waals surface area contributed by atoms with Crippen LogP contribution in [-0.2, 0) is 11.3 Å². The molecule has 1 heterocycles. The van der Waals surface area contributed by atoms with Gasteiger partial charge < -0.3 is 14.7 Å². The normalized spacial score (nSPS) is 15.5. The Morgan fingerprint density at radius 1 is 1.16 bits per heavy atom. The van der Waals surface area contributed by atoms with Crippen LogP contribution in [0.15, 0.2) is 36.4 Å². The molecular formula is C18H15Cl2NO4. The number of fused-ring (bicyclic) bond motifs is 1. The second-order valence-electron chi connectivity index (χ2n) is 6.24. The molecule has 0 fully saturated rings. The summed E-state index contributed by atoms with van der Waals surface area (Å²) < 4.78 is 5.75. The average molecular weight is 380 g/mol. The van der Waals surface area contributed by atoms with Crippen LogP contribution in [0.4, 0.5) is 5.69 Å². The highest BCUT2D eigenvalue weighted by Gasteiger charge is 2.41. The molecule has 1 aliphatic rings. The van der Waals surface area contributed by atoms with E-state index in [0.29, 0.717) is 21.5 Å². The fourth-order valence-corrected chi connectivity index (χ4v) is 3.00. The molecule has 0 saturated heterocycles. The number of nitrogens with zero attached hydrogens (tertiary/aromatic N) is 1. The number of benzene rings is 2. The number of hydrogen-bond acceptors (Lipinski definition) is 3. The van der Waals surface area contributed by atoms with Gasteiger partial charge in [0.15, 0.2) is 5.60 Å². The molecular weight excluding hydrogens is 365 g/mol. The van der Waals surface area contributed by atoms with Crippen LogP contribution in [0, 0.1) is 0 Å². The van der Waals surface area contributed by atoms with E-state index in [1.807, 2.05) is 0 Å². The first-order chi connectivity index (χ1) is 11.7. The molecule has 0 saturated carbocycles. The Morgan fingerprint density at radius 2 is 1.88 bits per heavy atom. The number of amides is 1. The number of anilines is 1. The predicted octanol–water partition coefficient (Wildman–Crippen LogP) is 4.40. The van der Waals surface area contributed by atoms with Crippen LogP contribution in [0.2, 0.25) is 10.0 Å². The van der Waals surface area contributed by atoms with Gasteiger partial charge in [-0.05, 0) is 49.7 Å². The maximum Gasteiger partial charge on any atom is 0.335 e. The van der Waals surface area contributed by atoms with E-state index in [4.69, 9.17) is 27.9 Å². The molecule has 130 valence electrons. The molecule has 0 aliphatic carbocycles. The minimum atomic E-state index is -1.07. The lowest BCUT2D eigenvalue weighted by Crippen LogP contribution is -2.52. The summed E-state index contributed by atoms with van der Waals surface area (Å²) in [5, 5.41) is 10.0. The topological polar surface area (TPSA) is 66.8 Å². The maximum absolute atomic E-state index is 12.8. The largest absolute Gasteiger partial charge is 0.478 e. The van der Waals surface area contributed by atoms with Gasteiger partial charge in [0.05, 0.1) is 27.8 Å². The predicted molar refractivity (Wildman–Crippen MR) is 95.8 cm³/mol. The molecule has 1 N–H and O–H groups in total. The Morgan fingerprint density at radius 3 is 2.52 bits per heavy atom. The van der Waals surface area contributed by atoms with Crippen molar-refractivity contribution in [2.45, 2.75) is 26.0 Å². The van der Waals surface area contributed by atoms with Gasteiger partial charge in [-0.2, -0.15) is 0 Å². The van der Waals surface area contributed by atoms with E-state index in [0.717, 1.165) is 5.56 Å². The number of carboxylic acid groups (broad SMARTS) is 1. The van der Waals surface area contributed by atoms with E-state index >= 15 is 0 Å². The first kappa shape index (κ1) is 17.6. The lowest BCUT2D eigenvalue weighted by Gasteiger charge is -2.39. The third-order valence-corrected chi connectivity index (χ3v) is 4.69. The minimum Gasteiger partial charge on any atom is -0.478 e. The van der Waals surface area contributed by atoms with Gasteiger partial charge in [0.2, 0.25) is 0 Å². The summed E-state index contributed by atoms with van der Waals surface area (Å²) in [5.41, 5.74) is 0.199. The van der Waals surface area contributed by atoms with Gasteiger partial charge in [-0.3, -0.25) is 4.79 Å². The molecule has 7 heteroatoms. The number of ether oxygens (including phenoxy) is 1. The Balaban J connectivity index is 2.07. The van der Waals surface area contributed by atoms with Crippen LogP contribution in [-0.4, -0.2) is 22.6 Å². The van der Waals surface area contributed by atoms with E-state index in [2.05, 4.69) is 0 Å². The Hall–Kier alpha value is -2.24. The summed E-state index contributed by atoms with van der Waals surface area (Å²) in [5.74, 6) is -0.891. The second kappa shape index (κ2) is 6.24. The third kappa shape index (κ3) is 3.30. The molecule has 2 aromatic carbocycles. The van der Waals surface area contributed by atoms with Crippen LogP contribution in [0.5, 0.6) is 5.75 Å². The van der Waals surface area contributed by atoms with E-state index in [-0.39, 0.29) is 18.0 Å². The summed E-state index contributed by atoms with van der Waals surface area (Å²) in [7, 11) is 0. The number of carbonyl (C=O) groups excluding carboxylic acids is 1. The van der Waals surface area contributed by atoms with Crippen LogP contribution >= 0.6 is 23.2 Å². The summed E-state index contributed by atoms with van der Waals surface area (Å²) in [6, 6.07) is 9.55. The number of carbonyl (C=O) groups is 2. The highest BCUT2D eigenvalue weighted by atomic mass is 35.5. The average Bonchev–Trinajstić information content (AvgIpc) is 2.54. The van der Waals surface area contributed by atoms with Crippen molar-refractivity contribution >= 4 is 40.8 Å². The number of halogens is 2. The van der Waals surface area contributed by atoms with Gasteiger partial charge in [-0.15, -0.1) is 0 Å². The molecule has 0 radical (unpaired) electrons. The van der Waals surface area contributed by atoms with Gasteiger partial charge >= 0.3 is 5.97 Å². The number of aromatic carboxylic acids is 1. The zero-order valence-electron chi connectivity index (χ0n) is 13.5. The molecule has 2 aromatic rings. The number of hydrogen-bond donors (Lipinski definition) is 1. The van der Waals surface area contributed by atoms with Gasteiger partial charge in [0, 0.05) is 0 Å². The molecule has 0 unspecified atom stereocenters. The van der Waals surface area contributed by atoms with Gasteiger partial charge in [-0.25, -0.2) is 4.79 Å². The zero-order valence-corrected chi connectivity index (χ0v) is 15.1. The second-order valence-corrected chi connectivity index (χ2v) is 7.05. The van der Waals surface area contributed by atoms with Crippen molar-refractivity contribution in [3.63, 3.8) is 0 Å². The molecule has 1 aliphatic heterocycles. The van der Waals surface area contributed by atoms with Gasteiger partial charge in [-0.1, -0.05) is 29.3 Å². The number of rotatable bonds is 3. The third-order valence-electron chi connectivity index (χ3n) is 3.95. The van der Waals surface area contributed by atoms with Gasteiger partial charge in [0.1, 0.15) is 5.75 Å². The van der Waals surface area contributed by atoms with Crippen molar-refractivity contribution in [2.24, 2.45) is 0 Å². The van der Waals surface area contributed by atoms with E-state index in [1.165, 1.54) is 17.0 Å². The molecule has 1 amide bonds. The first-order valence-electron chi connectivity index (χ1n) is 7.51. The fraction of sp³-hybridized carbons (Fsp3) is 0.222. The van der Waals surface area contributed by atoms with Crippen molar-refractivity contribution in [2.75, 3.05) is 4.90 Å².